The van der Waals surface area contributed by atoms with Gasteiger partial charge in [-0.05, 0) is 20.3 Å². The Bertz CT molecular complexity index is 472. The van der Waals surface area contributed by atoms with E-state index < -0.39 is 0 Å². The second-order valence-electron chi connectivity index (χ2n) is 5.24. The van der Waals surface area contributed by atoms with Gasteiger partial charge in [0.1, 0.15) is 5.75 Å². The van der Waals surface area contributed by atoms with Crippen molar-refractivity contribution in [1.29, 1.82) is 0 Å². The molecule has 1 aromatic rings. The molecule has 21 heavy (non-hydrogen) atoms. The average molecular weight is 292 g/mol. The van der Waals surface area contributed by atoms with E-state index in [1.165, 1.54) is 19.3 Å². The zero-order valence-corrected chi connectivity index (χ0v) is 13.7. The van der Waals surface area contributed by atoms with Crippen molar-refractivity contribution in [3.8, 4) is 5.75 Å². The number of nitrogens with one attached hydrogen (secondary N) is 1. The van der Waals surface area contributed by atoms with E-state index in [9.17, 15) is 0 Å². The highest BCUT2D eigenvalue weighted by atomic mass is 16.5. The monoisotopic (exact) mass is 292 g/mol. The molecule has 0 saturated carbocycles. The van der Waals surface area contributed by atoms with Crippen LogP contribution >= 0.6 is 0 Å². The number of nitrogens with zero attached hydrogens (tertiary/aromatic N) is 2. The molecule has 0 saturated heterocycles. The number of guanidine groups is 1. The molecule has 0 spiro atoms. The van der Waals surface area contributed by atoms with Crippen LogP contribution in [0.4, 0.5) is 0 Å². The van der Waals surface area contributed by atoms with E-state index in [-0.39, 0.29) is 0 Å². The van der Waals surface area contributed by atoms with Gasteiger partial charge in [0.25, 0.3) is 0 Å². The summed E-state index contributed by atoms with van der Waals surface area (Å²) < 4.78 is 5.39. The van der Waals surface area contributed by atoms with E-state index in [4.69, 9.17) is 10.5 Å². The van der Waals surface area contributed by atoms with Crippen LogP contribution in [-0.4, -0.2) is 24.6 Å². The Morgan fingerprint density at radius 1 is 1.33 bits per heavy atom. The highest BCUT2D eigenvalue weighted by molar-refractivity contribution is 5.77. The minimum atomic E-state index is 0.469. The Labute approximate surface area is 128 Å². The molecular weight excluding hydrogens is 264 g/mol. The summed E-state index contributed by atoms with van der Waals surface area (Å²) in [5.41, 5.74) is 8.82. The van der Waals surface area contributed by atoms with E-state index in [0.717, 1.165) is 35.5 Å². The first-order chi connectivity index (χ1) is 10.1. The highest BCUT2D eigenvalue weighted by Gasteiger charge is 2.08. The number of pyridine rings is 1. The first kappa shape index (κ1) is 17.3. The first-order valence-corrected chi connectivity index (χ1v) is 7.63. The van der Waals surface area contributed by atoms with Crippen LogP contribution in [0.3, 0.4) is 0 Å². The van der Waals surface area contributed by atoms with Gasteiger partial charge in [0.15, 0.2) is 5.96 Å². The minimum absolute atomic E-state index is 0.469. The third kappa shape index (κ3) is 5.61. The SMILES string of the molecule is CCCCCCNC(N)=NCc1ncc(C)c(OC)c1C. The Morgan fingerprint density at radius 2 is 2.10 bits per heavy atom. The van der Waals surface area contributed by atoms with Gasteiger partial charge in [-0.1, -0.05) is 26.2 Å². The fourth-order valence-electron chi connectivity index (χ4n) is 2.21. The number of aromatic nitrogens is 1. The Morgan fingerprint density at radius 3 is 2.76 bits per heavy atom. The molecule has 0 aliphatic rings. The normalized spacial score (nSPS) is 11.5. The Balaban J connectivity index is 2.52. The summed E-state index contributed by atoms with van der Waals surface area (Å²) in [6.45, 7) is 7.53. The zero-order valence-electron chi connectivity index (χ0n) is 13.7. The van der Waals surface area contributed by atoms with Crippen molar-refractivity contribution in [2.45, 2.75) is 53.0 Å². The van der Waals surface area contributed by atoms with Gasteiger partial charge in [0.2, 0.25) is 0 Å². The predicted octanol–water partition coefficient (Wildman–Crippen LogP) is 2.69. The lowest BCUT2D eigenvalue weighted by Gasteiger charge is -2.11. The highest BCUT2D eigenvalue weighted by Crippen LogP contribution is 2.24. The van der Waals surface area contributed by atoms with Crippen LogP contribution in [-0.2, 0) is 6.54 Å². The second-order valence-corrected chi connectivity index (χ2v) is 5.24. The average Bonchev–Trinajstić information content (AvgIpc) is 2.47. The van der Waals surface area contributed by atoms with Crippen LogP contribution in [0.1, 0.15) is 49.4 Å². The maximum Gasteiger partial charge on any atom is 0.188 e. The second kappa shape index (κ2) is 9.21. The zero-order chi connectivity index (χ0) is 15.7. The number of unbranched alkanes of at least 4 members (excludes halogenated alkanes) is 3. The van der Waals surface area contributed by atoms with Gasteiger partial charge in [0.05, 0.1) is 19.3 Å². The van der Waals surface area contributed by atoms with Gasteiger partial charge in [-0.2, -0.15) is 0 Å². The molecule has 1 rings (SSSR count). The lowest BCUT2D eigenvalue weighted by molar-refractivity contribution is 0.407. The van der Waals surface area contributed by atoms with Crippen LogP contribution in [0.2, 0.25) is 0 Å². The summed E-state index contributed by atoms with van der Waals surface area (Å²) in [7, 11) is 1.68. The van der Waals surface area contributed by atoms with Crippen molar-refractivity contribution in [2.24, 2.45) is 10.7 Å². The summed E-state index contributed by atoms with van der Waals surface area (Å²) in [6.07, 6.45) is 6.67. The van der Waals surface area contributed by atoms with Gasteiger partial charge < -0.3 is 15.8 Å². The van der Waals surface area contributed by atoms with E-state index >= 15 is 0 Å². The maximum absolute atomic E-state index is 5.87. The number of nitrogens with two attached hydrogens (primary N) is 1. The fraction of sp³-hybridized carbons (Fsp3) is 0.625. The van der Waals surface area contributed by atoms with Gasteiger partial charge in [0, 0.05) is 23.9 Å². The third-order valence-electron chi connectivity index (χ3n) is 3.49. The molecule has 1 heterocycles. The predicted molar refractivity (Wildman–Crippen MR) is 87.7 cm³/mol. The van der Waals surface area contributed by atoms with Gasteiger partial charge in [-0.25, -0.2) is 4.99 Å². The van der Waals surface area contributed by atoms with Crippen molar-refractivity contribution in [2.75, 3.05) is 13.7 Å². The molecule has 0 aliphatic carbocycles. The van der Waals surface area contributed by atoms with E-state index in [1.54, 1.807) is 7.11 Å². The lowest BCUT2D eigenvalue weighted by atomic mass is 10.1. The molecule has 1 aromatic heterocycles. The number of aliphatic imine (C=N–C) groups is 1. The number of rotatable bonds is 8. The molecule has 0 amide bonds. The number of ether oxygens (including phenoxy) is 1. The number of methoxy groups -OCH3 is 1. The molecule has 118 valence electrons. The van der Waals surface area contributed by atoms with Crippen molar-refractivity contribution in [3.63, 3.8) is 0 Å². The molecular formula is C16H28N4O. The van der Waals surface area contributed by atoms with Crippen LogP contribution < -0.4 is 15.8 Å². The van der Waals surface area contributed by atoms with Crippen molar-refractivity contribution in [1.82, 2.24) is 10.3 Å². The van der Waals surface area contributed by atoms with E-state index in [0.29, 0.717) is 12.5 Å². The topological polar surface area (TPSA) is 72.5 Å². The van der Waals surface area contributed by atoms with E-state index in [1.807, 2.05) is 20.0 Å². The maximum atomic E-state index is 5.87. The largest absolute Gasteiger partial charge is 0.496 e. The molecule has 5 heteroatoms. The minimum Gasteiger partial charge on any atom is -0.496 e. The number of hydrogen-bond donors (Lipinski definition) is 2. The first-order valence-electron chi connectivity index (χ1n) is 7.63. The Hall–Kier alpha value is -1.78. The molecule has 5 nitrogen and oxygen atoms in total. The Kier molecular flexibility index (Phi) is 7.58. The van der Waals surface area contributed by atoms with Crippen molar-refractivity contribution in [3.05, 3.63) is 23.0 Å². The van der Waals surface area contributed by atoms with Crippen LogP contribution in [0.5, 0.6) is 5.75 Å². The molecule has 0 radical (unpaired) electrons. The number of aryl methyl sites for hydroxylation is 1. The molecule has 0 aromatic carbocycles. The molecule has 0 fully saturated rings. The summed E-state index contributed by atoms with van der Waals surface area (Å²) in [4.78, 5) is 8.75. The van der Waals surface area contributed by atoms with Gasteiger partial charge in [-0.3, -0.25) is 4.98 Å². The smallest absolute Gasteiger partial charge is 0.188 e. The molecule has 0 atom stereocenters. The summed E-state index contributed by atoms with van der Waals surface area (Å²) in [5, 5.41) is 3.14. The number of hydrogen-bond acceptors (Lipinski definition) is 3. The lowest BCUT2D eigenvalue weighted by Crippen LogP contribution is -2.32. The molecule has 0 aliphatic heterocycles. The summed E-state index contributed by atoms with van der Waals surface area (Å²) >= 11 is 0. The van der Waals surface area contributed by atoms with Gasteiger partial charge >= 0.3 is 0 Å². The molecule has 3 N–H and O–H groups in total. The van der Waals surface area contributed by atoms with Crippen LogP contribution in [0.25, 0.3) is 0 Å². The van der Waals surface area contributed by atoms with Crippen LogP contribution in [0.15, 0.2) is 11.2 Å². The van der Waals surface area contributed by atoms with Crippen LogP contribution in [0, 0.1) is 13.8 Å². The molecule has 0 unspecified atom stereocenters. The summed E-state index contributed by atoms with van der Waals surface area (Å²) in [6, 6.07) is 0. The van der Waals surface area contributed by atoms with Gasteiger partial charge in [-0.15, -0.1) is 0 Å². The van der Waals surface area contributed by atoms with E-state index in [2.05, 4.69) is 22.2 Å². The quantitative estimate of drug-likeness (QED) is 0.439. The summed E-state index contributed by atoms with van der Waals surface area (Å²) in [5.74, 6) is 1.36. The molecule has 0 bridgehead atoms. The van der Waals surface area contributed by atoms with Crippen molar-refractivity contribution < 1.29 is 4.74 Å². The third-order valence-corrected chi connectivity index (χ3v) is 3.49. The standard InChI is InChI=1S/C16H28N4O/c1-5-6-7-8-9-18-16(17)20-11-14-13(3)15(21-4)12(2)10-19-14/h10H,5-9,11H2,1-4H3,(H3,17,18,20). The van der Waals surface area contributed by atoms with Crippen molar-refractivity contribution >= 4 is 5.96 Å². The fourth-order valence-corrected chi connectivity index (χ4v) is 2.21.